The first-order valence-corrected chi connectivity index (χ1v) is 9.54. The van der Waals surface area contributed by atoms with Crippen LogP contribution in [-0.2, 0) is 14.3 Å². The minimum atomic E-state index is -0.287. The van der Waals surface area contributed by atoms with Gasteiger partial charge in [-0.05, 0) is 30.7 Å². The summed E-state index contributed by atoms with van der Waals surface area (Å²) >= 11 is 0. The molecule has 148 valence electrons. The van der Waals surface area contributed by atoms with E-state index < -0.39 is 0 Å². The second kappa shape index (κ2) is 9.17. The molecule has 2 saturated heterocycles. The Bertz CT molecular complexity index is 644. The SMILES string of the molecule is COCCCN1CC(C(=O)N2CCC(Oc3ccc(F)cc3)CC2)CC1=O. The molecule has 0 saturated carbocycles. The largest absolute Gasteiger partial charge is 0.490 e. The van der Waals surface area contributed by atoms with Crippen molar-refractivity contribution in [3.05, 3.63) is 30.1 Å². The topological polar surface area (TPSA) is 59.1 Å². The van der Waals surface area contributed by atoms with Crippen LogP contribution in [0.4, 0.5) is 4.39 Å². The molecule has 2 fully saturated rings. The third-order valence-electron chi connectivity index (χ3n) is 5.21. The van der Waals surface area contributed by atoms with Crippen molar-refractivity contribution in [2.45, 2.75) is 31.8 Å². The quantitative estimate of drug-likeness (QED) is 0.682. The molecule has 0 radical (unpaired) electrons. The summed E-state index contributed by atoms with van der Waals surface area (Å²) in [6, 6.07) is 6.00. The van der Waals surface area contributed by atoms with Gasteiger partial charge in [0.1, 0.15) is 17.7 Å². The van der Waals surface area contributed by atoms with Crippen molar-refractivity contribution in [1.82, 2.24) is 9.80 Å². The van der Waals surface area contributed by atoms with Gasteiger partial charge in [0.15, 0.2) is 0 Å². The molecule has 6 nitrogen and oxygen atoms in total. The zero-order valence-electron chi connectivity index (χ0n) is 15.7. The molecule has 3 rings (SSSR count). The van der Waals surface area contributed by atoms with E-state index in [1.807, 2.05) is 4.90 Å². The fourth-order valence-electron chi connectivity index (χ4n) is 3.71. The maximum absolute atomic E-state index is 13.0. The molecule has 0 spiro atoms. The van der Waals surface area contributed by atoms with Gasteiger partial charge >= 0.3 is 0 Å². The van der Waals surface area contributed by atoms with Crippen molar-refractivity contribution < 1.29 is 23.5 Å². The summed E-state index contributed by atoms with van der Waals surface area (Å²) in [5, 5.41) is 0. The first-order valence-electron chi connectivity index (χ1n) is 9.54. The van der Waals surface area contributed by atoms with Crippen molar-refractivity contribution in [1.29, 1.82) is 0 Å². The number of piperidine rings is 1. The molecule has 1 aromatic carbocycles. The van der Waals surface area contributed by atoms with Crippen LogP contribution in [0, 0.1) is 11.7 Å². The fourth-order valence-corrected chi connectivity index (χ4v) is 3.71. The third-order valence-corrected chi connectivity index (χ3v) is 5.21. The number of amides is 2. The second-order valence-corrected chi connectivity index (χ2v) is 7.18. The number of nitrogens with zero attached hydrogens (tertiary/aromatic N) is 2. The zero-order chi connectivity index (χ0) is 19.2. The molecule has 0 aliphatic carbocycles. The maximum atomic E-state index is 13.0. The molecule has 2 aliphatic heterocycles. The lowest BCUT2D eigenvalue weighted by Gasteiger charge is -2.33. The van der Waals surface area contributed by atoms with E-state index in [0.717, 1.165) is 19.3 Å². The zero-order valence-corrected chi connectivity index (χ0v) is 15.7. The van der Waals surface area contributed by atoms with E-state index in [0.29, 0.717) is 45.0 Å². The van der Waals surface area contributed by atoms with Gasteiger partial charge in [-0.1, -0.05) is 0 Å². The number of rotatable bonds is 7. The molecule has 0 N–H and O–H groups in total. The van der Waals surface area contributed by atoms with Crippen LogP contribution < -0.4 is 4.74 Å². The third kappa shape index (κ3) is 5.19. The molecular weight excluding hydrogens is 351 g/mol. The van der Waals surface area contributed by atoms with Crippen LogP contribution >= 0.6 is 0 Å². The van der Waals surface area contributed by atoms with Crippen molar-refractivity contribution in [2.75, 3.05) is 39.9 Å². The number of ether oxygens (including phenoxy) is 2. The molecule has 2 heterocycles. The molecule has 27 heavy (non-hydrogen) atoms. The van der Waals surface area contributed by atoms with Crippen molar-refractivity contribution in [3.63, 3.8) is 0 Å². The predicted octanol–water partition coefficient (Wildman–Crippen LogP) is 2.08. The Morgan fingerprint density at radius 2 is 1.93 bits per heavy atom. The van der Waals surface area contributed by atoms with E-state index >= 15 is 0 Å². The van der Waals surface area contributed by atoms with E-state index in [4.69, 9.17) is 9.47 Å². The molecule has 7 heteroatoms. The Labute approximate surface area is 159 Å². The molecule has 2 aliphatic rings. The molecular formula is C20H27FN2O4. The average molecular weight is 378 g/mol. The van der Waals surface area contributed by atoms with E-state index in [1.165, 1.54) is 12.1 Å². The van der Waals surface area contributed by atoms with E-state index in [-0.39, 0.29) is 29.7 Å². The van der Waals surface area contributed by atoms with Crippen LogP contribution in [0.2, 0.25) is 0 Å². The van der Waals surface area contributed by atoms with Gasteiger partial charge in [-0.25, -0.2) is 4.39 Å². The van der Waals surface area contributed by atoms with E-state index in [9.17, 15) is 14.0 Å². The normalized spacial score (nSPS) is 21.0. The van der Waals surface area contributed by atoms with Crippen molar-refractivity contribution >= 4 is 11.8 Å². The minimum absolute atomic E-state index is 0.0234. The Kier molecular flexibility index (Phi) is 6.66. The molecule has 0 aromatic heterocycles. The van der Waals surface area contributed by atoms with Gasteiger partial charge in [0, 0.05) is 59.2 Å². The number of benzene rings is 1. The maximum Gasteiger partial charge on any atom is 0.227 e. The molecule has 0 bridgehead atoms. The first kappa shape index (κ1) is 19.6. The number of carbonyl (C=O) groups is 2. The summed E-state index contributed by atoms with van der Waals surface area (Å²) in [6.07, 6.45) is 2.59. The summed E-state index contributed by atoms with van der Waals surface area (Å²) in [4.78, 5) is 28.5. The number of methoxy groups -OCH3 is 1. The Morgan fingerprint density at radius 3 is 2.59 bits per heavy atom. The smallest absolute Gasteiger partial charge is 0.227 e. The Hall–Kier alpha value is -2.15. The predicted molar refractivity (Wildman–Crippen MR) is 97.8 cm³/mol. The highest BCUT2D eigenvalue weighted by molar-refractivity contribution is 5.89. The second-order valence-electron chi connectivity index (χ2n) is 7.18. The average Bonchev–Trinajstić information content (AvgIpc) is 3.05. The summed E-state index contributed by atoms with van der Waals surface area (Å²) in [5.41, 5.74) is 0. The Balaban J connectivity index is 1.44. The highest BCUT2D eigenvalue weighted by atomic mass is 19.1. The number of halogens is 1. The summed E-state index contributed by atoms with van der Waals surface area (Å²) in [7, 11) is 1.64. The van der Waals surface area contributed by atoms with Gasteiger partial charge in [-0.2, -0.15) is 0 Å². The Morgan fingerprint density at radius 1 is 1.22 bits per heavy atom. The van der Waals surface area contributed by atoms with Crippen LogP contribution in [-0.4, -0.2) is 67.6 Å². The van der Waals surface area contributed by atoms with Crippen LogP contribution in [0.5, 0.6) is 5.75 Å². The molecule has 1 unspecified atom stereocenters. The first-order chi connectivity index (χ1) is 13.1. The number of hydrogen-bond acceptors (Lipinski definition) is 4. The van der Waals surface area contributed by atoms with Crippen LogP contribution in [0.25, 0.3) is 0 Å². The van der Waals surface area contributed by atoms with Crippen LogP contribution in [0.1, 0.15) is 25.7 Å². The summed E-state index contributed by atoms with van der Waals surface area (Å²) in [5.74, 6) is 0.242. The van der Waals surface area contributed by atoms with E-state index in [1.54, 1.807) is 24.1 Å². The molecule has 2 amide bonds. The lowest BCUT2D eigenvalue weighted by atomic mass is 10.0. The monoisotopic (exact) mass is 378 g/mol. The van der Waals surface area contributed by atoms with Gasteiger partial charge in [0.2, 0.25) is 11.8 Å². The van der Waals surface area contributed by atoms with Gasteiger partial charge in [-0.15, -0.1) is 0 Å². The lowest BCUT2D eigenvalue weighted by Crippen LogP contribution is -2.44. The highest BCUT2D eigenvalue weighted by Crippen LogP contribution is 2.24. The minimum Gasteiger partial charge on any atom is -0.490 e. The van der Waals surface area contributed by atoms with Crippen molar-refractivity contribution in [3.8, 4) is 5.75 Å². The van der Waals surface area contributed by atoms with Crippen molar-refractivity contribution in [2.24, 2.45) is 5.92 Å². The molecule has 1 atom stereocenters. The van der Waals surface area contributed by atoms with Crippen LogP contribution in [0.15, 0.2) is 24.3 Å². The van der Waals surface area contributed by atoms with Crippen LogP contribution in [0.3, 0.4) is 0 Å². The lowest BCUT2D eigenvalue weighted by molar-refractivity contribution is -0.137. The summed E-state index contributed by atoms with van der Waals surface area (Å²) in [6.45, 7) is 3.01. The van der Waals surface area contributed by atoms with E-state index in [2.05, 4.69) is 0 Å². The number of hydrogen-bond donors (Lipinski definition) is 0. The van der Waals surface area contributed by atoms with Gasteiger partial charge < -0.3 is 19.3 Å². The van der Waals surface area contributed by atoms with Gasteiger partial charge in [0.05, 0.1) is 5.92 Å². The number of carbonyl (C=O) groups excluding carboxylic acids is 2. The molecule has 1 aromatic rings. The van der Waals surface area contributed by atoms with Gasteiger partial charge in [0.25, 0.3) is 0 Å². The van der Waals surface area contributed by atoms with Gasteiger partial charge in [-0.3, -0.25) is 9.59 Å². The highest BCUT2D eigenvalue weighted by Gasteiger charge is 2.37. The number of likely N-dealkylation sites (tertiary alicyclic amines) is 2. The fraction of sp³-hybridized carbons (Fsp3) is 0.600. The standard InChI is InChI=1S/C20H27FN2O4/c1-26-12-2-9-23-14-15(13-19(23)24)20(25)22-10-7-18(8-11-22)27-17-5-3-16(21)4-6-17/h3-6,15,18H,2,7-14H2,1H3. The summed E-state index contributed by atoms with van der Waals surface area (Å²) < 4.78 is 23.9.